The summed E-state index contributed by atoms with van der Waals surface area (Å²) in [5.74, 6) is 0. The van der Waals surface area contributed by atoms with E-state index in [0.29, 0.717) is 0 Å². The van der Waals surface area contributed by atoms with Gasteiger partial charge in [0.2, 0.25) is 0 Å². The molecule has 0 bridgehead atoms. The number of furan rings is 1. The Labute approximate surface area is 320 Å². The lowest BCUT2D eigenvalue weighted by Gasteiger charge is -2.17. The van der Waals surface area contributed by atoms with E-state index in [-0.39, 0.29) is 0 Å². The highest BCUT2D eigenvalue weighted by Gasteiger charge is 2.16. The van der Waals surface area contributed by atoms with Gasteiger partial charge in [0.25, 0.3) is 0 Å². The van der Waals surface area contributed by atoms with Crippen molar-refractivity contribution in [1.82, 2.24) is 0 Å². The van der Waals surface area contributed by atoms with Crippen molar-refractivity contribution in [1.29, 1.82) is 0 Å². The van der Waals surface area contributed by atoms with E-state index in [1.165, 1.54) is 38.8 Å². The molecule has 0 atom stereocenters. The molecule has 9 aromatic carbocycles. The van der Waals surface area contributed by atoms with Crippen LogP contribution in [-0.4, -0.2) is 0 Å². The monoisotopic (exact) mass is 704 g/mol. The maximum absolute atomic E-state index is 6.24. The number of fused-ring (bicyclic) bond motifs is 4. The molecule has 0 saturated carbocycles. The lowest BCUT2D eigenvalue weighted by atomic mass is 9.93. The van der Waals surface area contributed by atoms with Crippen LogP contribution in [0.4, 0.5) is 22.7 Å². The van der Waals surface area contributed by atoms with Gasteiger partial charge in [0.05, 0.1) is 0 Å². The summed E-state index contributed by atoms with van der Waals surface area (Å²) in [5.41, 5.74) is 15.5. The fourth-order valence-electron chi connectivity index (χ4n) is 7.84. The van der Waals surface area contributed by atoms with Crippen LogP contribution in [0.1, 0.15) is 0 Å². The van der Waals surface area contributed by atoms with Gasteiger partial charge in [0, 0.05) is 50.0 Å². The highest BCUT2D eigenvalue weighted by molar-refractivity contribution is 6.16. The minimum absolute atomic E-state index is 0.903. The predicted octanol–water partition coefficient (Wildman–Crippen LogP) is 14.9. The summed E-state index contributed by atoms with van der Waals surface area (Å²) < 4.78 is 6.24. The summed E-state index contributed by atoms with van der Waals surface area (Å²) in [7, 11) is 0. The van der Waals surface area contributed by atoms with Gasteiger partial charge in [-0.3, -0.25) is 0 Å². The summed E-state index contributed by atoms with van der Waals surface area (Å²) in [6.07, 6.45) is 0. The second kappa shape index (κ2) is 13.9. The van der Waals surface area contributed by atoms with Crippen molar-refractivity contribution >= 4 is 55.5 Å². The molecule has 0 aliphatic rings. The lowest BCUT2D eigenvalue weighted by Crippen LogP contribution is -1.95. The van der Waals surface area contributed by atoms with Crippen LogP contribution in [0.5, 0.6) is 0 Å². The van der Waals surface area contributed by atoms with Gasteiger partial charge >= 0.3 is 0 Å². The second-order valence-electron chi connectivity index (χ2n) is 13.8. The molecule has 3 nitrogen and oxygen atoms in total. The van der Waals surface area contributed by atoms with Crippen LogP contribution in [0.2, 0.25) is 0 Å². The number of nitrogens with one attached hydrogen (secondary N) is 2. The summed E-state index contributed by atoms with van der Waals surface area (Å²) in [6, 6.07) is 72.8. The van der Waals surface area contributed by atoms with Crippen LogP contribution in [-0.2, 0) is 0 Å². The number of hydrogen-bond acceptors (Lipinski definition) is 3. The summed E-state index contributed by atoms with van der Waals surface area (Å²) in [5, 5.41) is 12.0. The Morgan fingerprint density at radius 1 is 0.273 bits per heavy atom. The molecule has 55 heavy (non-hydrogen) atoms. The van der Waals surface area contributed by atoms with Crippen LogP contribution in [0.25, 0.3) is 77.2 Å². The molecule has 0 unspecified atom stereocenters. The van der Waals surface area contributed by atoms with Crippen LogP contribution in [0, 0.1) is 0 Å². The van der Waals surface area contributed by atoms with Gasteiger partial charge in [-0.05, 0) is 81.2 Å². The maximum atomic E-state index is 6.24. The zero-order chi connectivity index (χ0) is 36.6. The first-order valence-electron chi connectivity index (χ1n) is 18.7. The van der Waals surface area contributed by atoms with Crippen molar-refractivity contribution in [2.24, 2.45) is 0 Å². The predicted molar refractivity (Wildman–Crippen MR) is 232 cm³/mol. The maximum Gasteiger partial charge on any atom is 0.136 e. The van der Waals surface area contributed by atoms with Gasteiger partial charge in [-0.1, -0.05) is 164 Å². The van der Waals surface area contributed by atoms with E-state index in [1.54, 1.807) is 0 Å². The summed E-state index contributed by atoms with van der Waals surface area (Å²) in [4.78, 5) is 0. The molecule has 260 valence electrons. The van der Waals surface area contributed by atoms with Crippen molar-refractivity contribution in [3.05, 3.63) is 206 Å². The topological polar surface area (TPSA) is 37.2 Å². The Hall–Kier alpha value is -7.36. The van der Waals surface area contributed by atoms with Gasteiger partial charge < -0.3 is 15.1 Å². The van der Waals surface area contributed by atoms with Crippen LogP contribution < -0.4 is 10.6 Å². The molecule has 0 saturated heterocycles. The summed E-state index contributed by atoms with van der Waals surface area (Å²) >= 11 is 0. The molecule has 3 heteroatoms. The number of benzene rings is 9. The van der Waals surface area contributed by atoms with Crippen molar-refractivity contribution in [3.63, 3.8) is 0 Å². The van der Waals surface area contributed by atoms with E-state index in [4.69, 9.17) is 4.42 Å². The minimum atomic E-state index is 0.903. The zero-order valence-corrected chi connectivity index (χ0v) is 30.0. The minimum Gasteiger partial charge on any atom is -0.456 e. The average molecular weight is 705 g/mol. The van der Waals surface area contributed by atoms with E-state index in [0.717, 1.165) is 61.2 Å². The number of para-hydroxylation sites is 4. The quantitative estimate of drug-likeness (QED) is 0.165. The molecule has 0 spiro atoms. The van der Waals surface area contributed by atoms with Crippen molar-refractivity contribution in [2.75, 3.05) is 10.6 Å². The van der Waals surface area contributed by atoms with Gasteiger partial charge in [0.1, 0.15) is 11.2 Å². The molecule has 0 aliphatic heterocycles. The van der Waals surface area contributed by atoms with Gasteiger partial charge in [-0.15, -0.1) is 0 Å². The third-order valence-corrected chi connectivity index (χ3v) is 10.5. The van der Waals surface area contributed by atoms with Gasteiger partial charge in [-0.2, -0.15) is 0 Å². The summed E-state index contributed by atoms with van der Waals surface area (Å²) in [6.45, 7) is 0. The number of rotatable bonds is 8. The molecule has 0 fully saturated rings. The first-order valence-corrected chi connectivity index (χ1v) is 18.7. The first-order chi connectivity index (χ1) is 27.3. The Bertz CT molecular complexity index is 2960. The standard InChI is InChI=1S/C52H36N2O/c1-2-13-39(14-3-1)53-47-21-9-6-15-40(47)37-29-25-35(26-30-37)36-27-31-38(32-28-36)41-16-7-10-22-48(41)54-49-34-33-43(42-17-4-5-18-44(42)49)45-20-12-24-51-52(45)46-19-8-11-23-50(46)55-51/h1-34,53-54H. The SMILES string of the molecule is c1ccc(Nc2ccccc2-c2ccc(-c3ccc(-c4ccccc4Nc4ccc(-c5cccc6oc7ccccc7c56)c5ccccc45)cc3)cc2)cc1. The molecule has 2 N–H and O–H groups in total. The van der Waals surface area contributed by atoms with Crippen molar-refractivity contribution in [2.45, 2.75) is 0 Å². The Morgan fingerprint density at radius 3 is 1.47 bits per heavy atom. The Balaban J connectivity index is 0.936. The average Bonchev–Trinajstić information content (AvgIpc) is 3.64. The first kappa shape index (κ1) is 32.3. The van der Waals surface area contributed by atoms with E-state index < -0.39 is 0 Å². The van der Waals surface area contributed by atoms with E-state index in [2.05, 4.69) is 187 Å². The molecular formula is C52H36N2O. The fraction of sp³-hybridized carbons (Fsp3) is 0. The molecule has 1 aromatic heterocycles. The molecule has 10 rings (SSSR count). The smallest absolute Gasteiger partial charge is 0.136 e. The molecule has 0 radical (unpaired) electrons. The third kappa shape index (κ3) is 6.08. The highest BCUT2D eigenvalue weighted by Crippen LogP contribution is 2.42. The molecule has 0 aliphatic carbocycles. The fourth-order valence-corrected chi connectivity index (χ4v) is 7.84. The number of hydrogen-bond donors (Lipinski definition) is 2. The third-order valence-electron chi connectivity index (χ3n) is 10.5. The second-order valence-corrected chi connectivity index (χ2v) is 13.8. The van der Waals surface area contributed by atoms with E-state index >= 15 is 0 Å². The number of anilines is 4. The van der Waals surface area contributed by atoms with E-state index in [1.807, 2.05) is 30.3 Å². The molecular weight excluding hydrogens is 669 g/mol. The van der Waals surface area contributed by atoms with Crippen LogP contribution >= 0.6 is 0 Å². The zero-order valence-electron chi connectivity index (χ0n) is 30.0. The van der Waals surface area contributed by atoms with Crippen LogP contribution in [0.15, 0.2) is 211 Å². The molecule has 10 aromatic rings. The van der Waals surface area contributed by atoms with Crippen LogP contribution in [0.3, 0.4) is 0 Å². The lowest BCUT2D eigenvalue weighted by molar-refractivity contribution is 0.669. The van der Waals surface area contributed by atoms with Gasteiger partial charge in [-0.25, -0.2) is 0 Å². The Kier molecular flexibility index (Phi) is 8.16. The molecule has 1 heterocycles. The van der Waals surface area contributed by atoms with Crippen molar-refractivity contribution < 1.29 is 4.42 Å². The molecule has 0 amide bonds. The largest absolute Gasteiger partial charge is 0.456 e. The van der Waals surface area contributed by atoms with Gasteiger partial charge in [0.15, 0.2) is 0 Å². The normalized spacial score (nSPS) is 11.3. The van der Waals surface area contributed by atoms with Crippen molar-refractivity contribution in [3.8, 4) is 44.5 Å². The van der Waals surface area contributed by atoms with E-state index in [9.17, 15) is 0 Å². The Morgan fingerprint density at radius 2 is 0.782 bits per heavy atom. The highest BCUT2D eigenvalue weighted by atomic mass is 16.3.